The maximum atomic E-state index is 11.8. The second-order valence-electron chi connectivity index (χ2n) is 4.36. The van der Waals surface area contributed by atoms with E-state index in [1.54, 1.807) is 32.4 Å². The van der Waals surface area contributed by atoms with Crippen LogP contribution < -0.4 is 20.5 Å². The fourth-order valence-corrected chi connectivity index (χ4v) is 1.41. The van der Waals surface area contributed by atoms with Crippen molar-refractivity contribution in [2.24, 2.45) is 11.7 Å². The lowest BCUT2D eigenvalue weighted by molar-refractivity contribution is -0.118. The van der Waals surface area contributed by atoms with Gasteiger partial charge in [0.25, 0.3) is 0 Å². The normalized spacial score (nSPS) is 11.5. The Kier molecular flexibility index (Phi) is 7.26. The monoisotopic (exact) mass is 288 g/mol. The first kappa shape index (κ1) is 17.5. The molecule has 0 aromatic heterocycles. The van der Waals surface area contributed by atoms with E-state index in [2.05, 4.69) is 5.32 Å². The van der Waals surface area contributed by atoms with Crippen LogP contribution in [0.25, 0.3) is 0 Å². The summed E-state index contributed by atoms with van der Waals surface area (Å²) in [6.07, 6.45) is 0. The van der Waals surface area contributed by atoms with Crippen LogP contribution in [0.1, 0.15) is 13.8 Å². The van der Waals surface area contributed by atoms with Crippen LogP contribution in [0.4, 0.5) is 5.69 Å². The van der Waals surface area contributed by atoms with Crippen molar-refractivity contribution in [1.82, 2.24) is 0 Å². The molecule has 108 valence electrons. The van der Waals surface area contributed by atoms with E-state index in [9.17, 15) is 4.79 Å². The molecule has 0 aliphatic carbocycles. The molecule has 5 nitrogen and oxygen atoms in total. The second-order valence-corrected chi connectivity index (χ2v) is 4.36. The molecule has 0 saturated heterocycles. The molecule has 0 aliphatic rings. The molecule has 0 aliphatic heterocycles. The van der Waals surface area contributed by atoms with E-state index in [0.717, 1.165) is 0 Å². The third kappa shape index (κ3) is 4.96. The number of halogens is 1. The number of nitrogens with two attached hydrogens (primary N) is 1. The summed E-state index contributed by atoms with van der Waals surface area (Å²) in [6.45, 7) is 3.80. The highest BCUT2D eigenvalue weighted by molar-refractivity contribution is 5.95. The predicted octanol–water partition coefficient (Wildman–Crippen LogP) is 2.05. The number of benzene rings is 1. The number of nitrogens with one attached hydrogen (secondary N) is 1. The molecule has 0 heterocycles. The molecule has 0 radical (unpaired) electrons. The van der Waals surface area contributed by atoms with Crippen molar-refractivity contribution in [2.45, 2.75) is 19.9 Å². The third-order valence-electron chi connectivity index (χ3n) is 2.64. The molecule has 1 rings (SSSR count). The summed E-state index contributed by atoms with van der Waals surface area (Å²) in [5, 5.41) is 2.75. The molecule has 1 aromatic carbocycles. The maximum absolute atomic E-state index is 11.8. The van der Waals surface area contributed by atoms with E-state index in [1.807, 2.05) is 13.8 Å². The first-order chi connectivity index (χ1) is 8.47. The Labute approximate surface area is 119 Å². The van der Waals surface area contributed by atoms with E-state index in [1.165, 1.54) is 0 Å². The fourth-order valence-electron chi connectivity index (χ4n) is 1.41. The summed E-state index contributed by atoms with van der Waals surface area (Å²) >= 11 is 0. The molecule has 0 unspecified atom stereocenters. The third-order valence-corrected chi connectivity index (χ3v) is 2.64. The van der Waals surface area contributed by atoms with Gasteiger partial charge < -0.3 is 20.5 Å². The summed E-state index contributed by atoms with van der Waals surface area (Å²) < 4.78 is 10.2. The van der Waals surface area contributed by atoms with Gasteiger partial charge in [0.2, 0.25) is 5.91 Å². The van der Waals surface area contributed by atoms with Gasteiger partial charge in [-0.2, -0.15) is 0 Å². The second kappa shape index (κ2) is 7.86. The smallest absolute Gasteiger partial charge is 0.241 e. The number of ether oxygens (including phenoxy) is 2. The van der Waals surface area contributed by atoms with Gasteiger partial charge in [0, 0.05) is 23.9 Å². The number of amides is 1. The van der Waals surface area contributed by atoms with Gasteiger partial charge in [-0.25, -0.2) is 0 Å². The topological polar surface area (TPSA) is 73.6 Å². The van der Waals surface area contributed by atoms with Gasteiger partial charge in [0.1, 0.15) is 11.5 Å². The summed E-state index contributed by atoms with van der Waals surface area (Å²) in [5.41, 5.74) is 6.38. The SMILES string of the molecule is COc1cc(NC(=O)[C@@H](N)C(C)C)cc(OC)c1.Cl. The zero-order valence-corrected chi connectivity index (χ0v) is 12.4. The molecule has 0 spiro atoms. The minimum atomic E-state index is -0.540. The Morgan fingerprint density at radius 2 is 1.63 bits per heavy atom. The lowest BCUT2D eigenvalue weighted by atomic mass is 10.0. The minimum Gasteiger partial charge on any atom is -0.497 e. The van der Waals surface area contributed by atoms with E-state index in [0.29, 0.717) is 17.2 Å². The quantitative estimate of drug-likeness (QED) is 0.870. The molecule has 19 heavy (non-hydrogen) atoms. The van der Waals surface area contributed by atoms with E-state index >= 15 is 0 Å². The molecule has 0 saturated carbocycles. The molecule has 0 bridgehead atoms. The highest BCUT2D eigenvalue weighted by Crippen LogP contribution is 2.25. The van der Waals surface area contributed by atoms with Crippen molar-refractivity contribution in [1.29, 1.82) is 0 Å². The lowest BCUT2D eigenvalue weighted by Crippen LogP contribution is -2.39. The lowest BCUT2D eigenvalue weighted by Gasteiger charge is -2.16. The van der Waals surface area contributed by atoms with Crippen LogP contribution in [0.15, 0.2) is 18.2 Å². The van der Waals surface area contributed by atoms with Crippen LogP contribution in [-0.2, 0) is 4.79 Å². The summed E-state index contributed by atoms with van der Waals surface area (Å²) in [4.78, 5) is 11.8. The Bertz CT molecular complexity index is 402. The summed E-state index contributed by atoms with van der Waals surface area (Å²) in [7, 11) is 3.11. The molecule has 3 N–H and O–H groups in total. The Morgan fingerprint density at radius 3 is 2.00 bits per heavy atom. The Hall–Kier alpha value is -1.46. The van der Waals surface area contributed by atoms with Crippen molar-refractivity contribution < 1.29 is 14.3 Å². The van der Waals surface area contributed by atoms with Crippen molar-refractivity contribution in [3.05, 3.63) is 18.2 Å². The van der Waals surface area contributed by atoms with Gasteiger partial charge in [0.15, 0.2) is 0 Å². The van der Waals surface area contributed by atoms with Gasteiger partial charge in [-0.05, 0) is 5.92 Å². The van der Waals surface area contributed by atoms with Gasteiger partial charge in [-0.15, -0.1) is 12.4 Å². The number of carbonyl (C=O) groups is 1. The highest BCUT2D eigenvalue weighted by atomic mass is 35.5. The molecule has 1 aromatic rings. The number of anilines is 1. The predicted molar refractivity (Wildman–Crippen MR) is 78.2 cm³/mol. The molecule has 1 atom stereocenters. The van der Waals surface area contributed by atoms with Crippen LogP contribution in [0, 0.1) is 5.92 Å². The molecule has 6 heteroatoms. The number of carbonyl (C=O) groups excluding carboxylic acids is 1. The minimum absolute atomic E-state index is 0. The number of methoxy groups -OCH3 is 2. The molecular weight excluding hydrogens is 268 g/mol. The molecule has 0 fully saturated rings. The zero-order valence-electron chi connectivity index (χ0n) is 11.6. The van der Waals surface area contributed by atoms with Crippen LogP contribution in [0.2, 0.25) is 0 Å². The van der Waals surface area contributed by atoms with Crippen LogP contribution >= 0.6 is 12.4 Å². The van der Waals surface area contributed by atoms with Gasteiger partial charge >= 0.3 is 0 Å². The van der Waals surface area contributed by atoms with Crippen LogP contribution in [-0.4, -0.2) is 26.2 Å². The Morgan fingerprint density at radius 1 is 1.16 bits per heavy atom. The Balaban J connectivity index is 0.00000324. The summed E-state index contributed by atoms with van der Waals surface area (Å²) in [5.74, 6) is 1.09. The van der Waals surface area contributed by atoms with Gasteiger partial charge in [-0.1, -0.05) is 13.8 Å². The van der Waals surface area contributed by atoms with E-state index in [4.69, 9.17) is 15.2 Å². The first-order valence-corrected chi connectivity index (χ1v) is 5.77. The van der Waals surface area contributed by atoms with Crippen molar-refractivity contribution >= 4 is 24.0 Å². The average molecular weight is 289 g/mol. The average Bonchev–Trinajstić information content (AvgIpc) is 2.36. The van der Waals surface area contributed by atoms with Crippen LogP contribution in [0.5, 0.6) is 11.5 Å². The summed E-state index contributed by atoms with van der Waals surface area (Å²) in [6, 6.07) is 4.63. The van der Waals surface area contributed by atoms with Crippen molar-refractivity contribution in [3.8, 4) is 11.5 Å². The number of hydrogen-bond donors (Lipinski definition) is 2. The van der Waals surface area contributed by atoms with Gasteiger partial charge in [0.05, 0.1) is 20.3 Å². The molecule has 1 amide bonds. The number of rotatable bonds is 5. The first-order valence-electron chi connectivity index (χ1n) is 5.77. The largest absolute Gasteiger partial charge is 0.497 e. The van der Waals surface area contributed by atoms with E-state index < -0.39 is 6.04 Å². The highest BCUT2D eigenvalue weighted by Gasteiger charge is 2.17. The van der Waals surface area contributed by atoms with Crippen LogP contribution in [0.3, 0.4) is 0 Å². The standard InChI is InChI=1S/C13H20N2O3.ClH/c1-8(2)12(14)13(16)15-9-5-10(17-3)7-11(6-9)18-4;/h5-8,12H,14H2,1-4H3,(H,15,16);1H/t12-;/m0./s1. The number of hydrogen-bond acceptors (Lipinski definition) is 4. The van der Waals surface area contributed by atoms with Crippen molar-refractivity contribution in [2.75, 3.05) is 19.5 Å². The zero-order chi connectivity index (χ0) is 13.7. The van der Waals surface area contributed by atoms with E-state index in [-0.39, 0.29) is 24.2 Å². The van der Waals surface area contributed by atoms with Gasteiger partial charge in [-0.3, -0.25) is 4.79 Å². The van der Waals surface area contributed by atoms with Crippen molar-refractivity contribution in [3.63, 3.8) is 0 Å². The fraction of sp³-hybridized carbons (Fsp3) is 0.462. The maximum Gasteiger partial charge on any atom is 0.241 e. The molecular formula is C13H21ClN2O3.